The van der Waals surface area contributed by atoms with Gasteiger partial charge in [-0.1, -0.05) is 0 Å². The van der Waals surface area contributed by atoms with E-state index in [1.54, 1.807) is 0 Å². The molecule has 3 N–H and O–H groups in total. The van der Waals surface area contributed by atoms with Gasteiger partial charge in [0.25, 0.3) is 0 Å². The number of rotatable bonds is 2. The predicted octanol–water partition coefficient (Wildman–Crippen LogP) is -2.15. The van der Waals surface area contributed by atoms with Gasteiger partial charge >= 0.3 is 69.7 Å². The number of ether oxygens (including phenoxy) is 1. The third-order valence-electron chi connectivity index (χ3n) is 1.62. The zero-order valence-electron chi connectivity index (χ0n) is 5.62. The Labute approximate surface area is 70.3 Å². The average Bonchev–Trinajstić information content (AvgIpc) is 2.30. The second kappa shape index (κ2) is 3.75. The number of aliphatic hydroxyl groups excluding tert-OH is 3. The maximum atomic E-state index is 10.4. The maximum absolute atomic E-state index is 10.4. The van der Waals surface area contributed by atoms with E-state index in [4.69, 9.17) is 20.1 Å². The second-order valence-electron chi connectivity index (χ2n) is 2.33. The van der Waals surface area contributed by atoms with Gasteiger partial charge in [0.1, 0.15) is 0 Å². The first-order chi connectivity index (χ1) is 5.20. The molecule has 0 amide bonds. The van der Waals surface area contributed by atoms with Crippen molar-refractivity contribution < 1.29 is 40.0 Å². The molecule has 0 saturated carbocycles. The van der Waals surface area contributed by atoms with Gasteiger partial charge in [0.2, 0.25) is 0 Å². The van der Waals surface area contributed by atoms with Crippen LogP contribution in [0.5, 0.6) is 0 Å². The first kappa shape index (κ1) is 9.31. The van der Waals surface area contributed by atoms with E-state index in [0.717, 1.165) is 0 Å². The van der Waals surface area contributed by atoms with E-state index >= 15 is 0 Å². The fourth-order valence-electron chi connectivity index (χ4n) is 0.967. The summed E-state index contributed by atoms with van der Waals surface area (Å²) in [4.78, 5) is -0.793. The molecular weight excluding hydrogens is 191 g/mol. The van der Waals surface area contributed by atoms with Crippen LogP contribution in [-0.4, -0.2) is 45.1 Å². The Kier molecular flexibility index (Phi) is 3.18. The summed E-state index contributed by atoms with van der Waals surface area (Å²) in [6.07, 6.45) is -3.03. The van der Waals surface area contributed by atoms with E-state index in [9.17, 15) is 3.67 Å². The van der Waals surface area contributed by atoms with Crippen LogP contribution in [0.3, 0.4) is 0 Å². The van der Waals surface area contributed by atoms with Gasteiger partial charge in [-0.2, -0.15) is 0 Å². The number of hydrogen-bond acceptors (Lipinski definition) is 5. The van der Waals surface area contributed by atoms with Crippen molar-refractivity contribution >= 4 is 0 Å². The quantitative estimate of drug-likeness (QED) is 0.473. The minimum absolute atomic E-state index is 0.365. The molecule has 11 heavy (non-hydrogen) atoms. The van der Waals surface area contributed by atoms with Gasteiger partial charge in [-0.15, -0.1) is 0 Å². The molecule has 1 saturated heterocycles. The van der Waals surface area contributed by atoms with Gasteiger partial charge in [-0.05, 0) is 0 Å². The van der Waals surface area contributed by atoms with Crippen LogP contribution in [0.2, 0.25) is 0 Å². The van der Waals surface area contributed by atoms with E-state index < -0.39 is 39.4 Å². The summed E-state index contributed by atoms with van der Waals surface area (Å²) in [7, 11) is 0. The summed E-state index contributed by atoms with van der Waals surface area (Å²) in [5, 5.41) is 26.8. The standard InChI is InChI=1S/C5H9O4.O.V/c6-1-4-5(8)3(7)2-9-4;;/h2-8H,1H2;;/t3-,4+,5-;;/m0../s1. The zero-order valence-corrected chi connectivity index (χ0v) is 7.02. The minimum atomic E-state index is -1.36. The summed E-state index contributed by atoms with van der Waals surface area (Å²) in [6, 6.07) is 0. The third kappa shape index (κ3) is 1.69. The number of aliphatic hydroxyl groups is 3. The van der Waals surface area contributed by atoms with E-state index in [1.165, 1.54) is 0 Å². The molecule has 0 spiro atoms. The Bertz CT molecular complexity index is 152. The molecule has 5 nitrogen and oxygen atoms in total. The summed E-state index contributed by atoms with van der Waals surface area (Å²) in [5.74, 6) is 0. The van der Waals surface area contributed by atoms with Crippen LogP contribution in [0.1, 0.15) is 0 Å². The Balaban J connectivity index is 2.60. The van der Waals surface area contributed by atoms with Crippen molar-refractivity contribution in [3.8, 4) is 0 Å². The summed E-state index contributed by atoms with van der Waals surface area (Å²) < 4.78 is 15.2. The van der Waals surface area contributed by atoms with Gasteiger partial charge in [-0.25, -0.2) is 0 Å². The van der Waals surface area contributed by atoms with Crippen LogP contribution < -0.4 is 0 Å². The molecular formula is C5H9O5V. The van der Waals surface area contributed by atoms with Gasteiger partial charge in [0.15, 0.2) is 0 Å². The van der Waals surface area contributed by atoms with Crippen LogP contribution >= 0.6 is 0 Å². The topological polar surface area (TPSA) is 87.0 Å². The fourth-order valence-corrected chi connectivity index (χ4v) is 1.76. The van der Waals surface area contributed by atoms with Crippen molar-refractivity contribution in [3.63, 3.8) is 0 Å². The van der Waals surface area contributed by atoms with Crippen molar-refractivity contribution in [2.75, 3.05) is 6.61 Å². The predicted molar refractivity (Wildman–Crippen MR) is 28.4 cm³/mol. The van der Waals surface area contributed by atoms with Crippen molar-refractivity contribution in [2.24, 2.45) is 0 Å². The molecule has 0 aromatic rings. The van der Waals surface area contributed by atoms with E-state index in [-0.39, 0.29) is 6.61 Å². The Morgan fingerprint density at radius 2 is 2.00 bits per heavy atom. The van der Waals surface area contributed by atoms with Gasteiger partial charge in [0, 0.05) is 0 Å². The Hall–Kier alpha value is 0.224. The third-order valence-corrected chi connectivity index (χ3v) is 2.61. The SMILES string of the molecule is [O]=[V][CH]1O[C@H](CO)[C@@H](O)[C@H]1O. The normalized spacial score (nSPS) is 44.3. The van der Waals surface area contributed by atoms with Crippen LogP contribution in [0.15, 0.2) is 0 Å². The molecule has 0 aliphatic carbocycles. The van der Waals surface area contributed by atoms with Gasteiger partial charge in [-0.3, -0.25) is 0 Å². The fraction of sp³-hybridized carbons (Fsp3) is 1.00. The Morgan fingerprint density at radius 1 is 1.36 bits per heavy atom. The number of hydrogen-bond donors (Lipinski definition) is 3. The first-order valence-electron chi connectivity index (χ1n) is 3.15. The van der Waals surface area contributed by atoms with E-state index in [1.807, 2.05) is 0 Å². The Morgan fingerprint density at radius 3 is 2.27 bits per heavy atom. The molecule has 4 atom stereocenters. The molecule has 0 aromatic heterocycles. The molecule has 64 valence electrons. The summed E-state index contributed by atoms with van der Waals surface area (Å²) >= 11 is -1.36. The van der Waals surface area contributed by atoms with E-state index in [2.05, 4.69) is 0 Å². The van der Waals surface area contributed by atoms with Crippen LogP contribution in [0, 0.1) is 0 Å². The van der Waals surface area contributed by atoms with Crippen molar-refractivity contribution in [2.45, 2.75) is 23.1 Å². The summed E-state index contributed by atoms with van der Waals surface area (Å²) in [5.41, 5.74) is 0. The molecule has 0 aromatic carbocycles. The monoisotopic (exact) mass is 200 g/mol. The van der Waals surface area contributed by atoms with Gasteiger partial charge < -0.3 is 0 Å². The average molecular weight is 200 g/mol. The van der Waals surface area contributed by atoms with Crippen molar-refractivity contribution in [3.05, 3.63) is 0 Å². The summed E-state index contributed by atoms with van der Waals surface area (Å²) in [6.45, 7) is -0.365. The molecule has 6 heteroatoms. The van der Waals surface area contributed by atoms with Crippen LogP contribution in [0.25, 0.3) is 0 Å². The second-order valence-corrected chi connectivity index (χ2v) is 3.46. The van der Waals surface area contributed by atoms with E-state index in [0.29, 0.717) is 0 Å². The van der Waals surface area contributed by atoms with Crippen molar-refractivity contribution in [1.82, 2.24) is 0 Å². The molecule has 0 bridgehead atoms. The zero-order chi connectivity index (χ0) is 8.43. The first-order valence-corrected chi connectivity index (χ1v) is 4.53. The van der Waals surface area contributed by atoms with Gasteiger partial charge in [0.05, 0.1) is 0 Å². The molecule has 1 rings (SSSR count). The molecule has 1 aliphatic heterocycles. The molecule has 1 aliphatic rings. The molecule has 1 heterocycles. The van der Waals surface area contributed by atoms with Crippen LogP contribution in [0.4, 0.5) is 0 Å². The van der Waals surface area contributed by atoms with Crippen molar-refractivity contribution in [1.29, 1.82) is 0 Å². The molecule has 1 unspecified atom stereocenters. The van der Waals surface area contributed by atoms with Crippen LogP contribution in [-0.2, 0) is 24.6 Å². The molecule has 1 fully saturated rings. The molecule has 0 radical (unpaired) electrons.